The summed E-state index contributed by atoms with van der Waals surface area (Å²) in [6.07, 6.45) is 5.55. The SMILES string of the molecule is CCS(=O)(=O)CCn1ccc(N[C@@H]2CC[C@H](C)C[C@@H]2C)n1. The summed E-state index contributed by atoms with van der Waals surface area (Å²) in [5.41, 5.74) is 0. The van der Waals surface area contributed by atoms with Gasteiger partial charge in [-0.3, -0.25) is 4.68 Å². The maximum absolute atomic E-state index is 11.5. The topological polar surface area (TPSA) is 64.0 Å². The van der Waals surface area contributed by atoms with Crippen molar-refractivity contribution in [3.8, 4) is 0 Å². The van der Waals surface area contributed by atoms with Gasteiger partial charge in [-0.25, -0.2) is 8.42 Å². The Balaban J connectivity index is 1.88. The molecule has 2 rings (SSSR count). The van der Waals surface area contributed by atoms with Gasteiger partial charge in [-0.2, -0.15) is 5.10 Å². The van der Waals surface area contributed by atoms with Gasteiger partial charge in [-0.05, 0) is 31.1 Å². The maximum atomic E-state index is 11.5. The van der Waals surface area contributed by atoms with Gasteiger partial charge in [0.25, 0.3) is 0 Å². The van der Waals surface area contributed by atoms with E-state index in [9.17, 15) is 8.42 Å². The Morgan fingerprint density at radius 2 is 2.14 bits per heavy atom. The van der Waals surface area contributed by atoms with Crippen molar-refractivity contribution in [2.75, 3.05) is 16.8 Å². The maximum Gasteiger partial charge on any atom is 0.151 e. The fourth-order valence-corrected chi connectivity index (χ4v) is 3.76. The van der Waals surface area contributed by atoms with Crippen LogP contribution in [0.3, 0.4) is 0 Å². The second-order valence-corrected chi connectivity index (χ2v) is 8.82. The number of aromatic nitrogens is 2. The third-order valence-electron chi connectivity index (χ3n) is 4.48. The van der Waals surface area contributed by atoms with Gasteiger partial charge >= 0.3 is 0 Å². The van der Waals surface area contributed by atoms with Crippen molar-refractivity contribution in [3.05, 3.63) is 12.3 Å². The van der Waals surface area contributed by atoms with Crippen molar-refractivity contribution in [2.24, 2.45) is 11.8 Å². The second kappa shape index (κ2) is 6.81. The minimum atomic E-state index is -2.93. The average Bonchev–Trinajstić information content (AvgIpc) is 2.88. The van der Waals surface area contributed by atoms with E-state index in [2.05, 4.69) is 24.3 Å². The molecular formula is C15H27N3O2S. The lowest BCUT2D eigenvalue weighted by Crippen LogP contribution is -2.33. The van der Waals surface area contributed by atoms with Crippen LogP contribution in [0.1, 0.15) is 40.0 Å². The van der Waals surface area contributed by atoms with Crippen LogP contribution >= 0.6 is 0 Å². The third kappa shape index (κ3) is 4.73. The molecule has 0 spiro atoms. The number of sulfone groups is 1. The number of anilines is 1. The van der Waals surface area contributed by atoms with Crippen molar-refractivity contribution in [1.29, 1.82) is 0 Å². The first kappa shape index (κ1) is 16.3. The molecule has 3 atom stereocenters. The lowest BCUT2D eigenvalue weighted by Gasteiger charge is -2.33. The average molecular weight is 313 g/mol. The van der Waals surface area contributed by atoms with Gasteiger partial charge in [0.1, 0.15) is 5.82 Å². The summed E-state index contributed by atoms with van der Waals surface area (Å²) in [4.78, 5) is 0. The summed E-state index contributed by atoms with van der Waals surface area (Å²) in [5.74, 6) is 2.67. The predicted molar refractivity (Wildman–Crippen MR) is 86.1 cm³/mol. The van der Waals surface area contributed by atoms with Crippen molar-refractivity contribution in [1.82, 2.24) is 9.78 Å². The Labute approximate surface area is 128 Å². The molecule has 1 fully saturated rings. The summed E-state index contributed by atoms with van der Waals surface area (Å²) >= 11 is 0. The number of aryl methyl sites for hydroxylation is 1. The van der Waals surface area contributed by atoms with Gasteiger partial charge in [0.15, 0.2) is 9.84 Å². The Bertz CT molecular complexity index is 553. The number of hydrogen-bond donors (Lipinski definition) is 1. The highest BCUT2D eigenvalue weighted by Gasteiger charge is 2.25. The molecule has 0 saturated heterocycles. The Morgan fingerprint density at radius 1 is 1.38 bits per heavy atom. The zero-order valence-electron chi connectivity index (χ0n) is 13.2. The Morgan fingerprint density at radius 3 is 2.81 bits per heavy atom. The van der Waals surface area contributed by atoms with Gasteiger partial charge in [-0.15, -0.1) is 0 Å². The monoisotopic (exact) mass is 313 g/mol. The minimum Gasteiger partial charge on any atom is -0.366 e. The molecule has 1 N–H and O–H groups in total. The van der Waals surface area contributed by atoms with Crippen molar-refractivity contribution < 1.29 is 8.42 Å². The van der Waals surface area contributed by atoms with Crippen LogP contribution in [0, 0.1) is 11.8 Å². The molecule has 0 bridgehead atoms. The zero-order valence-corrected chi connectivity index (χ0v) is 14.1. The quantitative estimate of drug-likeness (QED) is 0.876. The predicted octanol–water partition coefficient (Wildman–Crippen LogP) is 2.55. The Kier molecular flexibility index (Phi) is 5.30. The summed E-state index contributed by atoms with van der Waals surface area (Å²) in [6, 6.07) is 2.41. The standard InChI is InChI=1S/C15H27N3O2S/c1-4-21(19,20)10-9-18-8-7-15(17-18)16-14-6-5-12(2)11-13(14)3/h7-8,12-14H,4-6,9-11H2,1-3H3,(H,16,17)/t12-,13-,14+/m0/s1. The summed E-state index contributed by atoms with van der Waals surface area (Å²) in [6.45, 7) is 6.71. The summed E-state index contributed by atoms with van der Waals surface area (Å²) in [7, 11) is -2.93. The molecule has 5 nitrogen and oxygen atoms in total. The molecular weight excluding hydrogens is 286 g/mol. The van der Waals surface area contributed by atoms with Crippen LogP contribution in [0.15, 0.2) is 12.3 Å². The van der Waals surface area contributed by atoms with E-state index in [0.717, 1.165) is 11.7 Å². The van der Waals surface area contributed by atoms with E-state index < -0.39 is 9.84 Å². The lowest BCUT2D eigenvalue weighted by molar-refractivity contribution is 0.276. The van der Waals surface area contributed by atoms with Crippen LogP contribution in [-0.2, 0) is 16.4 Å². The van der Waals surface area contributed by atoms with Crippen LogP contribution in [-0.4, -0.2) is 35.7 Å². The number of rotatable bonds is 6. The molecule has 0 aromatic carbocycles. The van der Waals surface area contributed by atoms with Gasteiger partial charge in [0.2, 0.25) is 0 Å². The molecule has 1 aromatic rings. The van der Waals surface area contributed by atoms with Crippen molar-refractivity contribution >= 4 is 15.7 Å². The second-order valence-electron chi connectivity index (χ2n) is 6.35. The first-order chi connectivity index (χ1) is 9.89. The number of nitrogens with one attached hydrogen (secondary N) is 1. The number of nitrogens with zero attached hydrogens (tertiary/aromatic N) is 2. The molecule has 1 saturated carbocycles. The fourth-order valence-electron chi connectivity index (χ4n) is 3.01. The van der Waals surface area contributed by atoms with Gasteiger partial charge in [0, 0.05) is 24.1 Å². The van der Waals surface area contributed by atoms with E-state index in [1.54, 1.807) is 11.6 Å². The normalized spacial score (nSPS) is 26.7. The fraction of sp³-hybridized carbons (Fsp3) is 0.800. The molecule has 1 aliphatic carbocycles. The molecule has 6 heteroatoms. The number of hydrogen-bond acceptors (Lipinski definition) is 4. The molecule has 0 radical (unpaired) electrons. The molecule has 1 heterocycles. The van der Waals surface area contributed by atoms with E-state index in [4.69, 9.17) is 0 Å². The zero-order chi connectivity index (χ0) is 15.5. The van der Waals surface area contributed by atoms with Crippen molar-refractivity contribution in [3.63, 3.8) is 0 Å². The minimum absolute atomic E-state index is 0.155. The van der Waals surface area contributed by atoms with Crippen LogP contribution < -0.4 is 5.32 Å². The summed E-state index contributed by atoms with van der Waals surface area (Å²) < 4.78 is 24.7. The largest absolute Gasteiger partial charge is 0.366 e. The molecule has 120 valence electrons. The smallest absolute Gasteiger partial charge is 0.151 e. The molecule has 0 amide bonds. The van der Waals surface area contributed by atoms with Crippen LogP contribution in [0.4, 0.5) is 5.82 Å². The third-order valence-corrected chi connectivity index (χ3v) is 6.16. The van der Waals surface area contributed by atoms with E-state index in [0.29, 0.717) is 18.5 Å². The molecule has 1 aromatic heterocycles. The van der Waals surface area contributed by atoms with E-state index >= 15 is 0 Å². The Hall–Kier alpha value is -1.04. The molecule has 1 aliphatic rings. The lowest BCUT2D eigenvalue weighted by atomic mass is 9.80. The first-order valence-corrected chi connectivity index (χ1v) is 9.72. The first-order valence-electron chi connectivity index (χ1n) is 7.90. The van der Waals surface area contributed by atoms with Gasteiger partial charge in [-0.1, -0.05) is 20.8 Å². The van der Waals surface area contributed by atoms with Crippen molar-refractivity contribution in [2.45, 2.75) is 52.6 Å². The molecule has 21 heavy (non-hydrogen) atoms. The summed E-state index contributed by atoms with van der Waals surface area (Å²) in [5, 5.41) is 7.94. The van der Waals surface area contributed by atoms with Gasteiger partial charge < -0.3 is 5.32 Å². The van der Waals surface area contributed by atoms with Crippen LogP contribution in [0.5, 0.6) is 0 Å². The highest BCUT2D eigenvalue weighted by Crippen LogP contribution is 2.30. The molecule has 0 aliphatic heterocycles. The molecule has 0 unspecified atom stereocenters. The van der Waals surface area contributed by atoms with E-state index in [-0.39, 0.29) is 11.5 Å². The van der Waals surface area contributed by atoms with Crippen LogP contribution in [0.25, 0.3) is 0 Å². The highest BCUT2D eigenvalue weighted by atomic mass is 32.2. The highest BCUT2D eigenvalue weighted by molar-refractivity contribution is 7.91. The van der Waals surface area contributed by atoms with Gasteiger partial charge in [0.05, 0.1) is 12.3 Å². The van der Waals surface area contributed by atoms with E-state index in [1.807, 2.05) is 12.3 Å². The van der Waals surface area contributed by atoms with Crippen LogP contribution in [0.2, 0.25) is 0 Å². The van der Waals surface area contributed by atoms with E-state index in [1.165, 1.54) is 19.3 Å².